The number of halogens is 8. The van der Waals surface area contributed by atoms with E-state index >= 15 is 0 Å². The first-order chi connectivity index (χ1) is 12.4. The lowest BCUT2D eigenvalue weighted by molar-refractivity contribution is -0.143. The Kier molecular flexibility index (Phi) is 5.62. The Hall–Kier alpha value is -2.85. The van der Waals surface area contributed by atoms with Crippen molar-refractivity contribution in [3.8, 4) is 5.75 Å². The van der Waals surface area contributed by atoms with Crippen LogP contribution in [0.5, 0.6) is 5.75 Å². The van der Waals surface area contributed by atoms with E-state index in [1.807, 2.05) is 5.32 Å². The van der Waals surface area contributed by atoms with Gasteiger partial charge in [-0.1, -0.05) is 0 Å². The second-order valence-electron chi connectivity index (χ2n) is 5.20. The Balaban J connectivity index is 2.17. The fourth-order valence-electron chi connectivity index (χ4n) is 1.94. The monoisotopic (exact) mass is 399 g/mol. The number of amides is 1. The van der Waals surface area contributed by atoms with Crippen LogP contribution in [-0.4, -0.2) is 12.5 Å². The normalized spacial score (nSPS) is 12.0. The summed E-state index contributed by atoms with van der Waals surface area (Å²) < 4.78 is 107. The van der Waals surface area contributed by atoms with Crippen LogP contribution in [0.2, 0.25) is 0 Å². The zero-order chi connectivity index (χ0) is 20.4. The predicted octanol–water partition coefficient (Wildman–Crippen LogP) is 5.02. The van der Waals surface area contributed by atoms with E-state index in [0.717, 1.165) is 6.07 Å². The molecule has 0 fully saturated rings. The number of anilines is 1. The van der Waals surface area contributed by atoms with Gasteiger partial charge in [0, 0.05) is 6.07 Å². The van der Waals surface area contributed by atoms with Gasteiger partial charge < -0.3 is 10.1 Å². The van der Waals surface area contributed by atoms with E-state index < -0.39 is 59.1 Å². The van der Waals surface area contributed by atoms with E-state index in [-0.39, 0.29) is 18.2 Å². The first kappa shape index (κ1) is 20.5. The molecule has 0 saturated carbocycles. The van der Waals surface area contributed by atoms with Gasteiger partial charge in [0.15, 0.2) is 6.61 Å². The van der Waals surface area contributed by atoms with Gasteiger partial charge in [-0.05, 0) is 30.3 Å². The van der Waals surface area contributed by atoms with Crippen molar-refractivity contribution in [2.24, 2.45) is 0 Å². The Labute approximate surface area is 146 Å². The maximum absolute atomic E-state index is 13.4. The minimum absolute atomic E-state index is 0.102. The van der Waals surface area contributed by atoms with Crippen LogP contribution in [-0.2, 0) is 17.1 Å². The first-order valence-corrected chi connectivity index (χ1v) is 7.03. The highest BCUT2D eigenvalue weighted by Gasteiger charge is 2.37. The van der Waals surface area contributed by atoms with Crippen LogP contribution in [0.15, 0.2) is 36.4 Å². The Morgan fingerprint density at radius 3 is 1.96 bits per heavy atom. The second-order valence-corrected chi connectivity index (χ2v) is 5.20. The Bertz CT molecular complexity index is 813. The van der Waals surface area contributed by atoms with E-state index in [9.17, 15) is 39.9 Å². The number of hydrogen-bond acceptors (Lipinski definition) is 2. The number of carbonyl (C=O) groups excluding carboxylic acids is 1. The average molecular weight is 399 g/mol. The highest BCUT2D eigenvalue weighted by atomic mass is 19.4. The number of benzene rings is 2. The third-order valence-corrected chi connectivity index (χ3v) is 3.13. The molecule has 11 heteroatoms. The standard InChI is InChI=1S/C16H9F8NO2/c17-10-1-2-12(18)13(6-10)25-14(26)7-27-11-4-8(15(19,20)21)3-9(5-11)16(22,23)24/h1-6H,7H2,(H,25,26). The molecule has 0 aliphatic heterocycles. The summed E-state index contributed by atoms with van der Waals surface area (Å²) in [6.07, 6.45) is -10.2. The molecule has 2 rings (SSSR count). The molecule has 0 unspecified atom stereocenters. The van der Waals surface area contributed by atoms with Gasteiger partial charge in [0.2, 0.25) is 0 Å². The molecule has 3 nitrogen and oxygen atoms in total. The third-order valence-electron chi connectivity index (χ3n) is 3.13. The van der Waals surface area contributed by atoms with Crippen molar-refractivity contribution in [1.82, 2.24) is 0 Å². The summed E-state index contributed by atoms with van der Waals surface area (Å²) in [5.74, 6) is -3.86. The molecule has 0 aromatic heterocycles. The number of alkyl halides is 6. The molecule has 0 spiro atoms. The smallest absolute Gasteiger partial charge is 0.416 e. The zero-order valence-corrected chi connectivity index (χ0v) is 13.0. The largest absolute Gasteiger partial charge is 0.484 e. The molecule has 0 saturated heterocycles. The number of hydrogen-bond donors (Lipinski definition) is 1. The maximum atomic E-state index is 13.4. The molecule has 1 N–H and O–H groups in total. The van der Waals surface area contributed by atoms with Crippen molar-refractivity contribution < 1.29 is 44.7 Å². The molecular weight excluding hydrogens is 390 g/mol. The lowest BCUT2D eigenvalue weighted by atomic mass is 10.1. The number of carbonyl (C=O) groups is 1. The van der Waals surface area contributed by atoms with E-state index in [4.69, 9.17) is 0 Å². The fourth-order valence-corrected chi connectivity index (χ4v) is 1.94. The molecule has 1 amide bonds. The minimum Gasteiger partial charge on any atom is -0.484 e. The Morgan fingerprint density at radius 1 is 0.889 bits per heavy atom. The molecule has 2 aromatic rings. The summed E-state index contributed by atoms with van der Waals surface area (Å²) in [6, 6.07) is 2.60. The van der Waals surface area contributed by atoms with Crippen molar-refractivity contribution in [3.05, 3.63) is 59.2 Å². The van der Waals surface area contributed by atoms with Crippen molar-refractivity contribution in [2.75, 3.05) is 11.9 Å². The topological polar surface area (TPSA) is 38.3 Å². The van der Waals surface area contributed by atoms with Crippen LogP contribution >= 0.6 is 0 Å². The molecule has 0 aliphatic carbocycles. The number of nitrogens with one attached hydrogen (secondary N) is 1. The van der Waals surface area contributed by atoms with Gasteiger partial charge in [-0.25, -0.2) is 8.78 Å². The number of rotatable bonds is 4. The summed E-state index contributed by atoms with van der Waals surface area (Å²) in [5.41, 5.74) is -3.81. The highest BCUT2D eigenvalue weighted by molar-refractivity contribution is 5.92. The van der Waals surface area contributed by atoms with E-state index in [0.29, 0.717) is 12.1 Å². The second kappa shape index (κ2) is 7.41. The summed E-state index contributed by atoms with van der Waals surface area (Å²) in [6.45, 7) is -1.03. The van der Waals surface area contributed by atoms with Gasteiger partial charge in [0.05, 0.1) is 16.8 Å². The first-order valence-electron chi connectivity index (χ1n) is 7.03. The van der Waals surface area contributed by atoms with Crippen LogP contribution < -0.4 is 10.1 Å². The van der Waals surface area contributed by atoms with Crippen LogP contribution in [0.25, 0.3) is 0 Å². The van der Waals surface area contributed by atoms with Gasteiger partial charge in [0.1, 0.15) is 17.4 Å². The summed E-state index contributed by atoms with van der Waals surface area (Å²) >= 11 is 0. The van der Waals surface area contributed by atoms with Crippen molar-refractivity contribution in [1.29, 1.82) is 0 Å². The van der Waals surface area contributed by atoms with Gasteiger partial charge in [-0.15, -0.1) is 0 Å². The van der Waals surface area contributed by atoms with E-state index in [1.54, 1.807) is 0 Å². The quantitative estimate of drug-likeness (QED) is 0.734. The minimum atomic E-state index is -5.08. The fraction of sp³-hybridized carbons (Fsp3) is 0.188. The van der Waals surface area contributed by atoms with Crippen LogP contribution in [0.3, 0.4) is 0 Å². The molecule has 146 valence electrons. The predicted molar refractivity (Wildman–Crippen MR) is 76.9 cm³/mol. The Morgan fingerprint density at radius 2 is 1.44 bits per heavy atom. The molecule has 0 heterocycles. The maximum Gasteiger partial charge on any atom is 0.416 e. The van der Waals surface area contributed by atoms with Crippen molar-refractivity contribution in [2.45, 2.75) is 12.4 Å². The van der Waals surface area contributed by atoms with Gasteiger partial charge in [-0.3, -0.25) is 4.79 Å². The molecule has 27 heavy (non-hydrogen) atoms. The summed E-state index contributed by atoms with van der Waals surface area (Å²) in [4.78, 5) is 11.6. The van der Waals surface area contributed by atoms with Crippen LogP contribution in [0, 0.1) is 11.6 Å². The van der Waals surface area contributed by atoms with Gasteiger partial charge in [0.25, 0.3) is 5.91 Å². The van der Waals surface area contributed by atoms with Crippen LogP contribution in [0.1, 0.15) is 11.1 Å². The molecule has 0 aliphatic rings. The lowest BCUT2D eigenvalue weighted by Gasteiger charge is -2.15. The van der Waals surface area contributed by atoms with Gasteiger partial charge >= 0.3 is 12.4 Å². The lowest BCUT2D eigenvalue weighted by Crippen LogP contribution is -2.21. The number of ether oxygens (including phenoxy) is 1. The summed E-state index contributed by atoms with van der Waals surface area (Å²) in [7, 11) is 0. The van der Waals surface area contributed by atoms with Crippen LogP contribution in [0.4, 0.5) is 40.8 Å². The highest BCUT2D eigenvalue weighted by Crippen LogP contribution is 2.38. The molecule has 0 bridgehead atoms. The zero-order valence-electron chi connectivity index (χ0n) is 13.0. The third kappa shape index (κ3) is 5.56. The average Bonchev–Trinajstić information content (AvgIpc) is 2.54. The van der Waals surface area contributed by atoms with E-state index in [1.165, 1.54) is 0 Å². The van der Waals surface area contributed by atoms with E-state index in [2.05, 4.69) is 4.74 Å². The molecule has 2 aromatic carbocycles. The summed E-state index contributed by atoms with van der Waals surface area (Å²) in [5, 5.41) is 1.89. The molecular formula is C16H9F8NO2. The molecule has 0 radical (unpaired) electrons. The SMILES string of the molecule is O=C(COc1cc(C(F)(F)F)cc(C(F)(F)F)c1)Nc1cc(F)ccc1F. The van der Waals surface area contributed by atoms with Crippen molar-refractivity contribution >= 4 is 11.6 Å². The van der Waals surface area contributed by atoms with Gasteiger partial charge in [-0.2, -0.15) is 26.3 Å². The van der Waals surface area contributed by atoms with Crippen molar-refractivity contribution in [3.63, 3.8) is 0 Å². The molecule has 0 atom stereocenters.